The first kappa shape index (κ1) is 36.8. The summed E-state index contributed by atoms with van der Waals surface area (Å²) >= 11 is 23.0. The zero-order valence-electron chi connectivity index (χ0n) is 28.6. The Morgan fingerprint density at radius 3 is 1.24 bits per heavy atom. The quantitative estimate of drug-likeness (QED) is 0.149. The number of carbonyl (C=O) groups excluding carboxylic acids is 1. The van der Waals surface area contributed by atoms with Gasteiger partial charge < -0.3 is 9.80 Å². The summed E-state index contributed by atoms with van der Waals surface area (Å²) in [4.78, 5) is 19.8. The molecule has 0 saturated heterocycles. The molecule has 4 unspecified atom stereocenters. The van der Waals surface area contributed by atoms with Crippen LogP contribution >= 0.6 is 55.1 Å². The van der Waals surface area contributed by atoms with Crippen molar-refractivity contribution in [2.45, 2.75) is 33.6 Å². The Kier molecular flexibility index (Phi) is 11.2. The van der Waals surface area contributed by atoms with Crippen molar-refractivity contribution in [3.05, 3.63) is 177 Å². The van der Waals surface area contributed by atoms with Crippen molar-refractivity contribution in [1.82, 2.24) is 9.80 Å². The number of Topliss-reactive ketones (excluding diaryl/α,β-unsaturated/α-hetero) is 1. The highest BCUT2D eigenvalue weighted by molar-refractivity contribution is 9.11. The van der Waals surface area contributed by atoms with E-state index in [4.69, 9.17) is 23.2 Å². The van der Waals surface area contributed by atoms with Gasteiger partial charge in [-0.15, -0.1) is 0 Å². The van der Waals surface area contributed by atoms with Gasteiger partial charge in [-0.3, -0.25) is 4.79 Å². The first-order valence-electron chi connectivity index (χ1n) is 16.6. The van der Waals surface area contributed by atoms with E-state index in [1.54, 1.807) is 0 Å². The van der Waals surface area contributed by atoms with Crippen LogP contribution in [0.15, 0.2) is 144 Å². The third-order valence-corrected chi connectivity index (χ3v) is 12.3. The predicted molar refractivity (Wildman–Crippen MR) is 218 cm³/mol. The average Bonchev–Trinajstić information content (AvgIpc) is 3.09. The fourth-order valence-electron chi connectivity index (χ4n) is 6.99. The molecule has 0 saturated carbocycles. The van der Waals surface area contributed by atoms with Gasteiger partial charge in [-0.2, -0.15) is 0 Å². The van der Waals surface area contributed by atoms with Gasteiger partial charge in [0.05, 0.1) is 0 Å². The van der Waals surface area contributed by atoms with E-state index in [1.807, 2.05) is 85.0 Å². The van der Waals surface area contributed by atoms with Crippen molar-refractivity contribution in [2.24, 2.45) is 0 Å². The summed E-state index contributed by atoms with van der Waals surface area (Å²) in [5.41, 5.74) is 8.06. The fourth-order valence-corrected chi connectivity index (χ4v) is 10.4. The third-order valence-electron chi connectivity index (χ3n) is 9.34. The molecule has 0 amide bonds. The summed E-state index contributed by atoms with van der Waals surface area (Å²) in [6.45, 7) is 1.69. The minimum atomic E-state index is -1.21. The lowest BCUT2D eigenvalue weighted by Crippen LogP contribution is -2.51. The van der Waals surface area contributed by atoms with E-state index in [0.29, 0.717) is 10.1 Å². The number of alkyl halides is 2. The van der Waals surface area contributed by atoms with Crippen LogP contribution < -0.4 is 0 Å². The number of hydrogen-bond acceptors (Lipinski definition) is 3. The molecule has 0 fully saturated rings. The highest BCUT2D eigenvalue weighted by Crippen LogP contribution is 2.57. The second-order valence-electron chi connectivity index (χ2n) is 13.6. The molecule has 0 heterocycles. The van der Waals surface area contributed by atoms with Crippen LogP contribution in [0.1, 0.15) is 45.2 Å². The standard InChI is InChI=1S/C43H40Br2Cl2N2O/c1-48(2)27-29-15-19-31(20-16-29)35-23-25-42(44,37(39(35)46)33-11-7-5-8-12-33)41(50)43(45)26-24-36(32-21-17-30(18-22-32)28-49(3)4)40(47)38(43)34-13-9-6-10-14-34/h5-26,37-38H,27-28H2,1-4H3. The van der Waals surface area contributed by atoms with E-state index >= 15 is 4.79 Å². The van der Waals surface area contributed by atoms with E-state index in [2.05, 4.69) is 118 Å². The number of rotatable bonds is 10. The zero-order valence-corrected chi connectivity index (χ0v) is 33.3. The van der Waals surface area contributed by atoms with Gasteiger partial charge in [0.1, 0.15) is 8.65 Å². The minimum absolute atomic E-state index is 0.0998. The van der Waals surface area contributed by atoms with Gasteiger partial charge in [0, 0.05) is 35.0 Å². The van der Waals surface area contributed by atoms with Crippen LogP contribution in [-0.2, 0) is 17.9 Å². The number of carbonyl (C=O) groups is 1. The van der Waals surface area contributed by atoms with Crippen molar-refractivity contribution >= 4 is 72.0 Å². The fraction of sp³-hybridized carbons (Fsp3) is 0.233. The summed E-state index contributed by atoms with van der Waals surface area (Å²) in [6.07, 6.45) is 7.90. The topological polar surface area (TPSA) is 23.6 Å². The van der Waals surface area contributed by atoms with E-state index in [1.165, 1.54) is 11.1 Å². The van der Waals surface area contributed by atoms with Gasteiger partial charge in [0.2, 0.25) is 0 Å². The summed E-state index contributed by atoms with van der Waals surface area (Å²) in [5, 5.41) is 1.19. The maximum Gasteiger partial charge on any atom is 0.175 e. The van der Waals surface area contributed by atoms with E-state index in [9.17, 15) is 0 Å². The Labute approximate surface area is 323 Å². The molecule has 4 aromatic carbocycles. The molecule has 0 spiro atoms. The molecule has 50 heavy (non-hydrogen) atoms. The third kappa shape index (κ3) is 7.32. The number of allylic oxidation sites excluding steroid dienone is 8. The van der Waals surface area contributed by atoms with Crippen LogP contribution in [-0.4, -0.2) is 52.4 Å². The van der Waals surface area contributed by atoms with Crippen molar-refractivity contribution in [1.29, 1.82) is 0 Å². The van der Waals surface area contributed by atoms with Crippen molar-refractivity contribution in [3.8, 4) is 0 Å². The molecule has 6 rings (SSSR count). The van der Waals surface area contributed by atoms with Crippen LogP contribution in [0, 0.1) is 0 Å². The predicted octanol–water partition coefficient (Wildman–Crippen LogP) is 11.0. The van der Waals surface area contributed by atoms with Crippen LogP contribution in [0.3, 0.4) is 0 Å². The molecular formula is C43H40Br2Cl2N2O. The molecule has 0 aromatic heterocycles. The van der Waals surface area contributed by atoms with Gasteiger partial charge in [0.15, 0.2) is 5.78 Å². The zero-order chi connectivity index (χ0) is 35.6. The Hall–Kier alpha value is -3.03. The number of nitrogens with zero attached hydrogens (tertiary/aromatic N) is 2. The number of hydrogen-bond donors (Lipinski definition) is 0. The lowest BCUT2D eigenvalue weighted by Gasteiger charge is -2.44. The van der Waals surface area contributed by atoms with Crippen LogP contribution in [0.5, 0.6) is 0 Å². The summed E-state index contributed by atoms with van der Waals surface area (Å²) in [6, 6.07) is 37.0. The molecule has 3 nitrogen and oxygen atoms in total. The van der Waals surface area contributed by atoms with Crippen molar-refractivity contribution < 1.29 is 4.79 Å². The lowest BCUT2D eigenvalue weighted by molar-refractivity contribution is -0.121. The second kappa shape index (κ2) is 15.3. The lowest BCUT2D eigenvalue weighted by atomic mass is 9.69. The molecular weight excluding hydrogens is 791 g/mol. The van der Waals surface area contributed by atoms with Crippen LogP contribution in [0.4, 0.5) is 0 Å². The summed E-state index contributed by atoms with van der Waals surface area (Å²) in [7, 11) is 8.23. The highest BCUT2D eigenvalue weighted by Gasteiger charge is 2.57. The van der Waals surface area contributed by atoms with Crippen LogP contribution in [0.2, 0.25) is 0 Å². The van der Waals surface area contributed by atoms with E-state index in [-0.39, 0.29) is 5.78 Å². The van der Waals surface area contributed by atoms with Gasteiger partial charge in [-0.05, 0) is 72.7 Å². The van der Waals surface area contributed by atoms with E-state index in [0.717, 1.165) is 46.5 Å². The van der Waals surface area contributed by atoms with Crippen LogP contribution in [0.25, 0.3) is 11.1 Å². The smallest absolute Gasteiger partial charge is 0.175 e. The Morgan fingerprint density at radius 1 is 0.580 bits per heavy atom. The first-order chi connectivity index (χ1) is 23.9. The molecule has 4 aromatic rings. The first-order valence-corrected chi connectivity index (χ1v) is 18.9. The largest absolute Gasteiger partial charge is 0.305 e. The molecule has 2 aliphatic carbocycles. The number of ketones is 1. The van der Waals surface area contributed by atoms with Crippen molar-refractivity contribution in [2.75, 3.05) is 28.2 Å². The monoisotopic (exact) mass is 828 g/mol. The molecule has 7 heteroatoms. The van der Waals surface area contributed by atoms with Gasteiger partial charge >= 0.3 is 0 Å². The molecule has 256 valence electrons. The normalized spacial score (nSPS) is 23.6. The Balaban J connectivity index is 1.44. The molecule has 0 radical (unpaired) electrons. The molecule has 0 aliphatic heterocycles. The molecule has 0 N–H and O–H groups in total. The van der Waals surface area contributed by atoms with Gasteiger partial charge in [-0.1, -0.05) is 189 Å². The second-order valence-corrected chi connectivity index (χ2v) is 17.1. The average molecular weight is 832 g/mol. The van der Waals surface area contributed by atoms with Gasteiger partial charge in [-0.25, -0.2) is 0 Å². The number of halogens is 4. The Morgan fingerprint density at radius 2 is 0.920 bits per heavy atom. The van der Waals surface area contributed by atoms with Gasteiger partial charge in [0.25, 0.3) is 0 Å². The number of benzene rings is 4. The van der Waals surface area contributed by atoms with Crippen molar-refractivity contribution in [3.63, 3.8) is 0 Å². The maximum atomic E-state index is 15.5. The Bertz CT molecular complexity index is 1830. The summed E-state index contributed by atoms with van der Waals surface area (Å²) in [5.74, 6) is -1.11. The summed E-state index contributed by atoms with van der Waals surface area (Å²) < 4.78 is -2.41. The molecule has 0 bridgehead atoms. The SMILES string of the molecule is CN(C)Cc1ccc(C2=C(Cl)C(c3ccccc3)C(Br)(C(=O)C3(Br)C=CC(c4ccc(CN(C)C)cc4)=C(Cl)C3c3ccccc3)C=C2)cc1. The van der Waals surface area contributed by atoms with E-state index < -0.39 is 20.5 Å². The molecule has 2 aliphatic rings. The molecule has 4 atom stereocenters. The minimum Gasteiger partial charge on any atom is -0.305 e. The maximum absolute atomic E-state index is 15.5. The highest BCUT2D eigenvalue weighted by atomic mass is 79.9.